The SMILES string of the molecule is CCCCCC1=C(O)C(=O)N(CCCn2ccnc2)C1CCC. The maximum Gasteiger partial charge on any atom is 0.289 e. The molecule has 1 atom stereocenters. The van der Waals surface area contributed by atoms with E-state index in [0.717, 1.165) is 57.1 Å². The maximum atomic E-state index is 12.4. The molecule has 1 aliphatic rings. The highest BCUT2D eigenvalue weighted by Crippen LogP contribution is 2.31. The minimum Gasteiger partial charge on any atom is -0.503 e. The summed E-state index contributed by atoms with van der Waals surface area (Å²) in [5.74, 6) is -0.164. The molecule has 0 fully saturated rings. The first kappa shape index (κ1) is 17.6. The van der Waals surface area contributed by atoms with Crippen LogP contribution in [-0.4, -0.2) is 38.1 Å². The van der Waals surface area contributed by atoms with Crippen LogP contribution in [-0.2, 0) is 11.3 Å². The molecule has 1 amide bonds. The van der Waals surface area contributed by atoms with Gasteiger partial charge in [0.2, 0.25) is 0 Å². The van der Waals surface area contributed by atoms with E-state index in [1.54, 1.807) is 12.5 Å². The molecule has 0 aliphatic carbocycles. The van der Waals surface area contributed by atoms with Crippen LogP contribution in [0.15, 0.2) is 30.1 Å². The van der Waals surface area contributed by atoms with Crippen LogP contribution in [0.4, 0.5) is 0 Å². The molecule has 2 heterocycles. The first-order valence-electron chi connectivity index (χ1n) is 8.87. The second-order valence-corrected chi connectivity index (χ2v) is 6.29. The van der Waals surface area contributed by atoms with Crippen molar-refractivity contribution in [2.45, 2.75) is 71.4 Å². The van der Waals surface area contributed by atoms with Crippen molar-refractivity contribution in [3.63, 3.8) is 0 Å². The predicted octanol–water partition coefficient (Wildman–Crippen LogP) is 3.68. The lowest BCUT2D eigenvalue weighted by Crippen LogP contribution is -2.37. The van der Waals surface area contributed by atoms with Crippen molar-refractivity contribution < 1.29 is 9.90 Å². The van der Waals surface area contributed by atoms with E-state index in [2.05, 4.69) is 18.8 Å². The molecule has 23 heavy (non-hydrogen) atoms. The summed E-state index contributed by atoms with van der Waals surface area (Å²) in [6.07, 6.45) is 12.5. The van der Waals surface area contributed by atoms with Crippen LogP contribution in [0.3, 0.4) is 0 Å². The normalized spacial score (nSPS) is 18.3. The summed E-state index contributed by atoms with van der Waals surface area (Å²) in [4.78, 5) is 18.3. The summed E-state index contributed by atoms with van der Waals surface area (Å²) in [6, 6.07) is 0.0899. The van der Waals surface area contributed by atoms with E-state index in [1.165, 1.54) is 0 Å². The van der Waals surface area contributed by atoms with Crippen molar-refractivity contribution in [3.05, 3.63) is 30.1 Å². The van der Waals surface area contributed by atoms with Crippen molar-refractivity contribution in [1.82, 2.24) is 14.5 Å². The first-order chi connectivity index (χ1) is 11.2. The van der Waals surface area contributed by atoms with Gasteiger partial charge in [0.15, 0.2) is 5.76 Å². The standard InChI is InChI=1S/C18H29N3O2/c1-3-5-6-9-15-16(8-4-2)21(18(23)17(15)22)12-7-11-20-13-10-19-14-20/h10,13-14,16,22H,3-9,11-12H2,1-2H3. The Kier molecular flexibility index (Phi) is 6.68. The zero-order valence-electron chi connectivity index (χ0n) is 14.4. The Morgan fingerprint density at radius 3 is 2.65 bits per heavy atom. The molecular weight excluding hydrogens is 290 g/mol. The molecule has 0 saturated heterocycles. The molecule has 5 heteroatoms. The summed E-state index contributed by atoms with van der Waals surface area (Å²) in [5.41, 5.74) is 0.966. The Bertz CT molecular complexity index is 522. The topological polar surface area (TPSA) is 58.4 Å². The van der Waals surface area contributed by atoms with Gasteiger partial charge in [-0.05, 0) is 31.3 Å². The van der Waals surface area contributed by atoms with E-state index in [0.29, 0.717) is 6.54 Å². The molecule has 0 saturated carbocycles. The highest BCUT2D eigenvalue weighted by atomic mass is 16.3. The molecule has 0 spiro atoms. The quantitative estimate of drug-likeness (QED) is 0.669. The molecular formula is C18H29N3O2. The summed E-state index contributed by atoms with van der Waals surface area (Å²) in [5, 5.41) is 10.3. The molecule has 0 radical (unpaired) electrons. The highest BCUT2D eigenvalue weighted by Gasteiger charge is 2.37. The van der Waals surface area contributed by atoms with E-state index in [-0.39, 0.29) is 17.7 Å². The number of rotatable bonds is 10. The number of carbonyl (C=O) groups is 1. The molecule has 1 unspecified atom stereocenters. The third-order valence-corrected chi connectivity index (χ3v) is 4.53. The van der Waals surface area contributed by atoms with Crippen LogP contribution < -0.4 is 0 Å². The lowest BCUT2D eigenvalue weighted by molar-refractivity contribution is -0.129. The van der Waals surface area contributed by atoms with Crippen LogP contribution in [0.5, 0.6) is 0 Å². The van der Waals surface area contributed by atoms with Gasteiger partial charge in [-0.15, -0.1) is 0 Å². The zero-order chi connectivity index (χ0) is 16.7. The minimum atomic E-state index is -0.180. The van der Waals surface area contributed by atoms with Gasteiger partial charge in [-0.1, -0.05) is 33.1 Å². The Morgan fingerprint density at radius 2 is 2.00 bits per heavy atom. The number of aromatic nitrogens is 2. The second kappa shape index (κ2) is 8.75. The van der Waals surface area contributed by atoms with E-state index < -0.39 is 0 Å². The molecule has 1 aromatic heterocycles. The fourth-order valence-corrected chi connectivity index (χ4v) is 3.31. The first-order valence-corrected chi connectivity index (χ1v) is 8.87. The molecule has 128 valence electrons. The number of aliphatic hydroxyl groups is 1. The largest absolute Gasteiger partial charge is 0.503 e. The monoisotopic (exact) mass is 319 g/mol. The van der Waals surface area contributed by atoms with Crippen molar-refractivity contribution in [3.8, 4) is 0 Å². The minimum absolute atomic E-state index is 0.0159. The molecule has 0 bridgehead atoms. The Hall–Kier alpha value is -1.78. The smallest absolute Gasteiger partial charge is 0.289 e. The molecule has 1 aromatic rings. The second-order valence-electron chi connectivity index (χ2n) is 6.29. The Morgan fingerprint density at radius 1 is 1.17 bits per heavy atom. The fraction of sp³-hybridized carbons (Fsp3) is 0.667. The molecule has 1 aliphatic heterocycles. The number of aryl methyl sites for hydroxylation is 1. The van der Waals surface area contributed by atoms with Crippen molar-refractivity contribution >= 4 is 5.91 Å². The van der Waals surface area contributed by atoms with Crippen molar-refractivity contribution in [2.75, 3.05) is 6.54 Å². The number of unbranched alkanes of at least 4 members (excludes halogenated alkanes) is 2. The molecule has 2 rings (SSSR count). The average molecular weight is 319 g/mol. The van der Waals surface area contributed by atoms with Crippen molar-refractivity contribution in [1.29, 1.82) is 0 Å². The van der Waals surface area contributed by atoms with Crippen molar-refractivity contribution in [2.24, 2.45) is 0 Å². The lowest BCUT2D eigenvalue weighted by Gasteiger charge is -2.26. The molecule has 1 N–H and O–H groups in total. The van der Waals surface area contributed by atoms with Gasteiger partial charge in [0.25, 0.3) is 5.91 Å². The lowest BCUT2D eigenvalue weighted by atomic mass is 9.97. The van der Waals surface area contributed by atoms with Crippen LogP contribution in [0.2, 0.25) is 0 Å². The van der Waals surface area contributed by atoms with Gasteiger partial charge in [0.1, 0.15) is 0 Å². The van der Waals surface area contributed by atoms with Gasteiger partial charge in [-0.2, -0.15) is 0 Å². The number of hydrogen-bond donors (Lipinski definition) is 1. The fourth-order valence-electron chi connectivity index (χ4n) is 3.31. The molecule has 0 aromatic carbocycles. The number of carbonyl (C=O) groups excluding carboxylic acids is 1. The average Bonchev–Trinajstić information content (AvgIpc) is 3.13. The third-order valence-electron chi connectivity index (χ3n) is 4.53. The van der Waals surface area contributed by atoms with E-state index >= 15 is 0 Å². The number of hydrogen-bond acceptors (Lipinski definition) is 3. The number of amides is 1. The van der Waals surface area contributed by atoms with Gasteiger partial charge in [0, 0.05) is 25.5 Å². The van der Waals surface area contributed by atoms with Gasteiger partial charge >= 0.3 is 0 Å². The van der Waals surface area contributed by atoms with Gasteiger partial charge in [-0.3, -0.25) is 4.79 Å². The van der Waals surface area contributed by atoms with E-state index in [4.69, 9.17) is 0 Å². The van der Waals surface area contributed by atoms with Crippen LogP contribution in [0, 0.1) is 0 Å². The summed E-state index contributed by atoms with van der Waals surface area (Å²) in [7, 11) is 0. The Labute approximate surface area is 139 Å². The number of nitrogens with zero attached hydrogens (tertiary/aromatic N) is 3. The van der Waals surface area contributed by atoms with E-state index in [9.17, 15) is 9.90 Å². The summed E-state index contributed by atoms with van der Waals surface area (Å²) in [6.45, 7) is 5.82. The van der Waals surface area contributed by atoms with Gasteiger partial charge in [-0.25, -0.2) is 4.98 Å². The van der Waals surface area contributed by atoms with E-state index in [1.807, 2.05) is 15.7 Å². The maximum absolute atomic E-state index is 12.4. The number of imidazole rings is 1. The molecule has 5 nitrogen and oxygen atoms in total. The zero-order valence-corrected chi connectivity index (χ0v) is 14.4. The van der Waals surface area contributed by atoms with Crippen LogP contribution in [0.1, 0.15) is 58.8 Å². The van der Waals surface area contributed by atoms with Gasteiger partial charge < -0.3 is 14.6 Å². The third kappa shape index (κ3) is 4.36. The number of aliphatic hydroxyl groups excluding tert-OH is 1. The van der Waals surface area contributed by atoms with Crippen LogP contribution >= 0.6 is 0 Å². The highest BCUT2D eigenvalue weighted by molar-refractivity contribution is 5.95. The van der Waals surface area contributed by atoms with Crippen LogP contribution in [0.25, 0.3) is 0 Å². The summed E-state index contributed by atoms with van der Waals surface area (Å²) < 4.78 is 2.02. The Balaban J connectivity index is 1.96. The summed E-state index contributed by atoms with van der Waals surface area (Å²) >= 11 is 0. The van der Waals surface area contributed by atoms with Gasteiger partial charge in [0.05, 0.1) is 12.4 Å². The predicted molar refractivity (Wildman–Crippen MR) is 91.0 cm³/mol.